The number of benzene rings is 1. The lowest BCUT2D eigenvalue weighted by atomic mass is 9.93. The second kappa shape index (κ2) is 9.85. The van der Waals surface area contributed by atoms with Crippen molar-refractivity contribution in [3.05, 3.63) is 35.1 Å². The molecule has 0 bridgehead atoms. The van der Waals surface area contributed by atoms with E-state index < -0.39 is 42.1 Å². The van der Waals surface area contributed by atoms with Gasteiger partial charge in [0, 0.05) is 25.2 Å². The highest BCUT2D eigenvalue weighted by molar-refractivity contribution is 5.94. The van der Waals surface area contributed by atoms with Gasteiger partial charge in [0.15, 0.2) is 0 Å². The van der Waals surface area contributed by atoms with Crippen molar-refractivity contribution in [2.45, 2.75) is 31.9 Å². The van der Waals surface area contributed by atoms with Gasteiger partial charge in [0.2, 0.25) is 6.43 Å². The van der Waals surface area contributed by atoms with E-state index in [1.807, 2.05) is 6.92 Å². The number of amides is 1. The molecule has 7 nitrogen and oxygen atoms in total. The topological polar surface area (TPSA) is 96.7 Å². The number of hydrazine groups is 1. The summed E-state index contributed by atoms with van der Waals surface area (Å²) in [5, 5.41) is 4.07. The number of methoxy groups -OCH3 is 1. The van der Waals surface area contributed by atoms with E-state index in [1.54, 1.807) is 5.01 Å². The van der Waals surface area contributed by atoms with Crippen LogP contribution < -0.4 is 16.5 Å². The second-order valence-corrected chi connectivity index (χ2v) is 6.61. The number of nitrogens with one attached hydrogen (secondary N) is 2. The molecular formula is C18H25F3N4O3. The van der Waals surface area contributed by atoms with Crippen LogP contribution in [0.1, 0.15) is 35.3 Å². The van der Waals surface area contributed by atoms with Gasteiger partial charge in [-0.15, -0.1) is 0 Å². The van der Waals surface area contributed by atoms with Crippen LogP contribution in [-0.2, 0) is 9.53 Å². The SMILES string of the molecule is CCCN1NCC(C(F)F)C1c1cc(F)cc(C(=O)NC[C@@H](N)C(=O)OC)c1. The number of carbonyl (C=O) groups is 2. The first-order valence-electron chi connectivity index (χ1n) is 8.98. The average Bonchev–Trinajstić information content (AvgIpc) is 3.08. The zero-order chi connectivity index (χ0) is 20.8. The van der Waals surface area contributed by atoms with Gasteiger partial charge in [-0.05, 0) is 30.2 Å². The van der Waals surface area contributed by atoms with Gasteiger partial charge in [-0.1, -0.05) is 6.92 Å². The van der Waals surface area contributed by atoms with Gasteiger partial charge in [-0.3, -0.25) is 15.0 Å². The van der Waals surface area contributed by atoms with E-state index in [0.29, 0.717) is 13.0 Å². The third-order valence-corrected chi connectivity index (χ3v) is 4.57. The van der Waals surface area contributed by atoms with Crippen molar-refractivity contribution >= 4 is 11.9 Å². The molecule has 2 unspecified atom stereocenters. The monoisotopic (exact) mass is 402 g/mol. The Morgan fingerprint density at radius 1 is 1.39 bits per heavy atom. The summed E-state index contributed by atoms with van der Waals surface area (Å²) in [6, 6.07) is 1.72. The van der Waals surface area contributed by atoms with Crippen molar-refractivity contribution in [3.8, 4) is 0 Å². The first kappa shape index (κ1) is 22.1. The highest BCUT2D eigenvalue weighted by Gasteiger charge is 2.40. The zero-order valence-electron chi connectivity index (χ0n) is 15.8. The predicted molar refractivity (Wildman–Crippen MR) is 96.0 cm³/mol. The van der Waals surface area contributed by atoms with E-state index in [9.17, 15) is 22.8 Å². The van der Waals surface area contributed by atoms with E-state index in [0.717, 1.165) is 12.1 Å². The summed E-state index contributed by atoms with van der Waals surface area (Å²) < 4.78 is 45.6. The Hall–Kier alpha value is -2.17. The summed E-state index contributed by atoms with van der Waals surface area (Å²) >= 11 is 0. The van der Waals surface area contributed by atoms with Crippen LogP contribution in [-0.4, -0.2) is 56.1 Å². The number of halogens is 3. The predicted octanol–water partition coefficient (Wildman–Crippen LogP) is 1.21. The lowest BCUT2D eigenvalue weighted by Gasteiger charge is -2.27. The van der Waals surface area contributed by atoms with Crippen molar-refractivity contribution in [1.29, 1.82) is 0 Å². The van der Waals surface area contributed by atoms with Gasteiger partial charge >= 0.3 is 5.97 Å². The molecule has 28 heavy (non-hydrogen) atoms. The Balaban J connectivity index is 2.23. The number of hydrogen-bond donors (Lipinski definition) is 3. The van der Waals surface area contributed by atoms with E-state index >= 15 is 0 Å². The average molecular weight is 402 g/mol. The van der Waals surface area contributed by atoms with E-state index in [1.165, 1.54) is 13.2 Å². The molecule has 4 N–H and O–H groups in total. The molecule has 1 aliphatic rings. The molecule has 1 aromatic rings. The number of esters is 1. The van der Waals surface area contributed by atoms with Crippen LogP contribution in [0.4, 0.5) is 13.2 Å². The number of alkyl halides is 2. The van der Waals surface area contributed by atoms with Crippen molar-refractivity contribution in [2.24, 2.45) is 11.7 Å². The van der Waals surface area contributed by atoms with E-state index in [2.05, 4.69) is 15.5 Å². The molecule has 1 amide bonds. The normalized spacial score (nSPS) is 21.0. The smallest absolute Gasteiger partial charge is 0.324 e. The third kappa shape index (κ3) is 5.21. The van der Waals surface area contributed by atoms with Crippen LogP contribution in [0.25, 0.3) is 0 Å². The number of rotatable bonds is 8. The third-order valence-electron chi connectivity index (χ3n) is 4.57. The van der Waals surface area contributed by atoms with Gasteiger partial charge in [-0.2, -0.15) is 0 Å². The Kier molecular flexibility index (Phi) is 7.78. The molecule has 10 heteroatoms. The maximum Gasteiger partial charge on any atom is 0.324 e. The van der Waals surface area contributed by atoms with Crippen LogP contribution >= 0.6 is 0 Å². The van der Waals surface area contributed by atoms with Gasteiger partial charge in [0.05, 0.1) is 19.1 Å². The van der Waals surface area contributed by atoms with E-state index in [4.69, 9.17) is 5.73 Å². The quantitative estimate of drug-likeness (QED) is 0.566. The van der Waals surface area contributed by atoms with Gasteiger partial charge < -0.3 is 15.8 Å². The molecule has 1 aliphatic heterocycles. The van der Waals surface area contributed by atoms with Crippen LogP contribution in [0.2, 0.25) is 0 Å². The largest absolute Gasteiger partial charge is 0.468 e. The lowest BCUT2D eigenvalue weighted by Crippen LogP contribution is -2.43. The van der Waals surface area contributed by atoms with Crippen LogP contribution in [0.15, 0.2) is 18.2 Å². The number of carbonyl (C=O) groups excluding carboxylic acids is 2. The Morgan fingerprint density at radius 2 is 2.11 bits per heavy atom. The van der Waals surface area contributed by atoms with E-state index in [-0.39, 0.29) is 24.2 Å². The fraction of sp³-hybridized carbons (Fsp3) is 0.556. The van der Waals surface area contributed by atoms with Gasteiger partial charge in [0.25, 0.3) is 5.91 Å². The summed E-state index contributed by atoms with van der Waals surface area (Å²) in [6.45, 7) is 2.27. The highest BCUT2D eigenvalue weighted by Crippen LogP contribution is 2.36. The van der Waals surface area contributed by atoms with Crippen molar-refractivity contribution in [1.82, 2.24) is 15.8 Å². The van der Waals surface area contributed by atoms with Gasteiger partial charge in [-0.25, -0.2) is 18.2 Å². The summed E-state index contributed by atoms with van der Waals surface area (Å²) in [6.07, 6.45) is -1.88. The molecule has 0 radical (unpaired) electrons. The standard InChI is InChI=1S/C18H25F3N4O3/c1-3-4-25-15(13(8-24-25)16(20)21)10-5-11(7-12(19)6-10)17(26)23-9-14(22)18(27)28-2/h5-7,13-16,24H,3-4,8-9,22H2,1-2H3,(H,23,26)/t13?,14-,15?/m1/s1. The van der Waals surface area contributed by atoms with Crippen LogP contribution in [0.3, 0.4) is 0 Å². The van der Waals surface area contributed by atoms with Gasteiger partial charge in [0.1, 0.15) is 11.9 Å². The number of nitrogens with two attached hydrogens (primary N) is 1. The summed E-state index contributed by atoms with van der Waals surface area (Å²) in [7, 11) is 1.17. The van der Waals surface area contributed by atoms with Crippen molar-refractivity contribution in [2.75, 3.05) is 26.7 Å². The summed E-state index contributed by atoms with van der Waals surface area (Å²) in [5.74, 6) is -3.11. The molecular weight excluding hydrogens is 377 g/mol. The molecule has 0 spiro atoms. The molecule has 2 rings (SSSR count). The molecule has 0 saturated carbocycles. The molecule has 1 saturated heterocycles. The molecule has 3 atom stereocenters. The minimum Gasteiger partial charge on any atom is -0.468 e. The minimum atomic E-state index is -2.60. The minimum absolute atomic E-state index is 0.0385. The van der Waals surface area contributed by atoms with Crippen LogP contribution in [0, 0.1) is 11.7 Å². The maximum atomic E-state index is 14.2. The Bertz CT molecular complexity index is 705. The number of ether oxygens (including phenoxy) is 1. The first-order valence-corrected chi connectivity index (χ1v) is 8.98. The van der Waals surface area contributed by atoms with Crippen molar-refractivity contribution in [3.63, 3.8) is 0 Å². The second-order valence-electron chi connectivity index (χ2n) is 6.61. The maximum absolute atomic E-state index is 14.2. The molecule has 156 valence electrons. The fourth-order valence-electron chi connectivity index (χ4n) is 3.23. The number of hydrogen-bond acceptors (Lipinski definition) is 6. The molecule has 1 heterocycles. The Morgan fingerprint density at radius 3 is 2.71 bits per heavy atom. The molecule has 1 fully saturated rings. The molecule has 0 aliphatic carbocycles. The highest BCUT2D eigenvalue weighted by atomic mass is 19.3. The lowest BCUT2D eigenvalue weighted by molar-refractivity contribution is -0.141. The zero-order valence-corrected chi connectivity index (χ0v) is 15.8. The summed E-state index contributed by atoms with van der Waals surface area (Å²) in [4.78, 5) is 23.6. The van der Waals surface area contributed by atoms with Crippen LogP contribution in [0.5, 0.6) is 0 Å². The molecule has 0 aromatic heterocycles. The summed E-state index contributed by atoms with van der Waals surface area (Å²) in [5.41, 5.74) is 8.73. The number of nitrogens with zero attached hydrogens (tertiary/aromatic N) is 1. The first-order chi connectivity index (χ1) is 13.3. The fourth-order valence-corrected chi connectivity index (χ4v) is 3.23. The Labute approximate surface area is 161 Å². The molecule has 1 aromatic carbocycles. The van der Waals surface area contributed by atoms with Crippen molar-refractivity contribution < 1.29 is 27.5 Å².